The van der Waals surface area contributed by atoms with Crippen molar-refractivity contribution in [1.82, 2.24) is 5.32 Å². The van der Waals surface area contributed by atoms with Crippen LogP contribution in [0.5, 0.6) is 11.5 Å². The Morgan fingerprint density at radius 3 is 2.14 bits per heavy atom. The van der Waals surface area contributed by atoms with E-state index < -0.39 is 0 Å². The second kappa shape index (κ2) is 8.44. The van der Waals surface area contributed by atoms with E-state index in [2.05, 4.69) is 50.4 Å². The van der Waals surface area contributed by atoms with E-state index in [4.69, 9.17) is 9.47 Å². The Labute approximate surface area is 133 Å². The highest BCUT2D eigenvalue weighted by Crippen LogP contribution is 2.22. The number of ether oxygens (including phenoxy) is 2. The molecule has 0 aliphatic carbocycles. The lowest BCUT2D eigenvalue weighted by molar-refractivity contribution is 0.215. The van der Waals surface area contributed by atoms with Gasteiger partial charge in [-0.25, -0.2) is 0 Å². The van der Waals surface area contributed by atoms with Gasteiger partial charge in [0.05, 0.1) is 0 Å². The molecular weight excluding hydrogens is 274 g/mol. The molecule has 0 unspecified atom stereocenters. The fourth-order valence-corrected chi connectivity index (χ4v) is 2.30. The van der Waals surface area contributed by atoms with Crippen LogP contribution < -0.4 is 14.8 Å². The van der Waals surface area contributed by atoms with E-state index in [0.717, 1.165) is 35.7 Å². The summed E-state index contributed by atoms with van der Waals surface area (Å²) in [6.45, 7) is 9.19. The van der Waals surface area contributed by atoms with Gasteiger partial charge in [0.15, 0.2) is 0 Å². The van der Waals surface area contributed by atoms with E-state index in [0.29, 0.717) is 13.2 Å². The molecule has 22 heavy (non-hydrogen) atoms. The summed E-state index contributed by atoms with van der Waals surface area (Å²) >= 11 is 0. The minimum absolute atomic E-state index is 0.542. The first kappa shape index (κ1) is 16.4. The molecule has 3 nitrogen and oxygen atoms in total. The Bertz CT molecular complexity index is 558. The van der Waals surface area contributed by atoms with E-state index in [1.165, 1.54) is 5.56 Å². The lowest BCUT2D eigenvalue weighted by atomic mass is 10.1. The fraction of sp³-hybridized carbons (Fsp3) is 0.368. The second-order valence-electron chi connectivity index (χ2n) is 5.34. The van der Waals surface area contributed by atoms with Crippen molar-refractivity contribution in [2.24, 2.45) is 0 Å². The summed E-state index contributed by atoms with van der Waals surface area (Å²) in [7, 11) is 0. The molecular formula is C19H25NO2. The summed E-state index contributed by atoms with van der Waals surface area (Å²) in [5, 5.41) is 3.30. The van der Waals surface area contributed by atoms with Gasteiger partial charge < -0.3 is 14.8 Å². The van der Waals surface area contributed by atoms with Gasteiger partial charge in [-0.15, -0.1) is 0 Å². The highest BCUT2D eigenvalue weighted by Gasteiger charge is 2.03. The van der Waals surface area contributed by atoms with Crippen LogP contribution in [0, 0.1) is 13.8 Å². The van der Waals surface area contributed by atoms with Gasteiger partial charge in [-0.3, -0.25) is 0 Å². The molecule has 0 saturated heterocycles. The van der Waals surface area contributed by atoms with Gasteiger partial charge in [0.2, 0.25) is 0 Å². The van der Waals surface area contributed by atoms with Gasteiger partial charge in [-0.1, -0.05) is 37.3 Å². The van der Waals surface area contributed by atoms with Crippen LogP contribution in [0.15, 0.2) is 42.5 Å². The predicted octanol–water partition coefficient (Wildman–Crippen LogP) is 3.87. The van der Waals surface area contributed by atoms with Gasteiger partial charge in [0.25, 0.3) is 0 Å². The molecule has 3 heteroatoms. The van der Waals surface area contributed by atoms with Crippen molar-refractivity contribution < 1.29 is 9.47 Å². The topological polar surface area (TPSA) is 30.5 Å². The summed E-state index contributed by atoms with van der Waals surface area (Å²) in [4.78, 5) is 0. The summed E-state index contributed by atoms with van der Waals surface area (Å²) in [6, 6.07) is 14.4. The van der Waals surface area contributed by atoms with Gasteiger partial charge in [-0.2, -0.15) is 0 Å². The molecule has 0 aliphatic rings. The van der Waals surface area contributed by atoms with E-state index in [9.17, 15) is 0 Å². The first-order valence-electron chi connectivity index (χ1n) is 7.82. The molecule has 0 heterocycles. The van der Waals surface area contributed by atoms with Crippen LogP contribution in [0.3, 0.4) is 0 Å². The number of aryl methyl sites for hydroxylation is 2. The van der Waals surface area contributed by atoms with Crippen LogP contribution in [-0.4, -0.2) is 19.8 Å². The first-order valence-corrected chi connectivity index (χ1v) is 7.82. The molecule has 0 spiro atoms. The van der Waals surface area contributed by atoms with Crippen molar-refractivity contribution >= 4 is 0 Å². The summed E-state index contributed by atoms with van der Waals surface area (Å²) in [6.07, 6.45) is 0. The second-order valence-corrected chi connectivity index (χ2v) is 5.34. The third kappa shape index (κ3) is 4.78. The van der Waals surface area contributed by atoms with E-state index in [1.54, 1.807) is 0 Å². The number of rotatable bonds is 8. The highest BCUT2D eigenvalue weighted by atomic mass is 16.5. The van der Waals surface area contributed by atoms with Crippen molar-refractivity contribution in [3.05, 3.63) is 59.2 Å². The minimum atomic E-state index is 0.542. The largest absolute Gasteiger partial charge is 0.490 e. The molecule has 0 fully saturated rings. The highest BCUT2D eigenvalue weighted by molar-refractivity contribution is 5.39. The molecule has 118 valence electrons. The molecule has 0 aromatic heterocycles. The Morgan fingerprint density at radius 2 is 1.50 bits per heavy atom. The third-order valence-electron chi connectivity index (χ3n) is 3.51. The molecule has 2 rings (SSSR count). The summed E-state index contributed by atoms with van der Waals surface area (Å²) < 4.78 is 11.6. The Kier molecular flexibility index (Phi) is 6.28. The average Bonchev–Trinajstić information content (AvgIpc) is 2.53. The standard InChI is InChI=1S/C19H25NO2/c1-4-20-14-17-8-10-18(11-9-17)21-12-13-22-19-15(2)6-5-7-16(19)3/h5-11,20H,4,12-14H2,1-3H3. The molecule has 0 aliphatic heterocycles. The van der Waals surface area contributed by atoms with Gasteiger partial charge in [-0.05, 0) is 49.2 Å². The molecule has 2 aromatic carbocycles. The van der Waals surface area contributed by atoms with E-state index >= 15 is 0 Å². The van der Waals surface area contributed by atoms with Crippen LogP contribution in [0.1, 0.15) is 23.6 Å². The van der Waals surface area contributed by atoms with Gasteiger partial charge in [0, 0.05) is 6.54 Å². The molecule has 0 radical (unpaired) electrons. The van der Waals surface area contributed by atoms with Crippen molar-refractivity contribution in [3.8, 4) is 11.5 Å². The Hall–Kier alpha value is -2.00. The molecule has 1 N–H and O–H groups in total. The fourth-order valence-electron chi connectivity index (χ4n) is 2.30. The number of hydrogen-bond donors (Lipinski definition) is 1. The van der Waals surface area contributed by atoms with Gasteiger partial charge >= 0.3 is 0 Å². The smallest absolute Gasteiger partial charge is 0.125 e. The molecule has 0 amide bonds. The van der Waals surface area contributed by atoms with E-state index in [-0.39, 0.29) is 0 Å². The number of hydrogen-bond acceptors (Lipinski definition) is 3. The molecule has 0 bridgehead atoms. The molecule has 0 atom stereocenters. The Morgan fingerprint density at radius 1 is 0.864 bits per heavy atom. The third-order valence-corrected chi connectivity index (χ3v) is 3.51. The molecule has 2 aromatic rings. The first-order chi connectivity index (χ1) is 10.7. The number of para-hydroxylation sites is 1. The lowest BCUT2D eigenvalue weighted by Crippen LogP contribution is -2.12. The number of benzene rings is 2. The maximum Gasteiger partial charge on any atom is 0.125 e. The predicted molar refractivity (Wildman–Crippen MR) is 90.7 cm³/mol. The van der Waals surface area contributed by atoms with Crippen LogP contribution in [0.25, 0.3) is 0 Å². The summed E-state index contributed by atoms with van der Waals surface area (Å²) in [5.41, 5.74) is 3.58. The zero-order valence-electron chi connectivity index (χ0n) is 13.7. The van der Waals surface area contributed by atoms with Crippen LogP contribution >= 0.6 is 0 Å². The Balaban J connectivity index is 1.77. The van der Waals surface area contributed by atoms with Crippen LogP contribution in [0.2, 0.25) is 0 Å². The average molecular weight is 299 g/mol. The zero-order chi connectivity index (χ0) is 15.8. The van der Waals surface area contributed by atoms with Crippen molar-refractivity contribution in [3.63, 3.8) is 0 Å². The zero-order valence-corrected chi connectivity index (χ0v) is 13.7. The van der Waals surface area contributed by atoms with Crippen molar-refractivity contribution in [2.45, 2.75) is 27.3 Å². The van der Waals surface area contributed by atoms with Crippen molar-refractivity contribution in [2.75, 3.05) is 19.8 Å². The SMILES string of the molecule is CCNCc1ccc(OCCOc2c(C)cccc2C)cc1. The molecule has 0 saturated carbocycles. The normalized spacial score (nSPS) is 10.5. The number of nitrogens with one attached hydrogen (secondary N) is 1. The quantitative estimate of drug-likeness (QED) is 0.751. The summed E-state index contributed by atoms with van der Waals surface area (Å²) in [5.74, 6) is 1.84. The van der Waals surface area contributed by atoms with E-state index in [1.807, 2.05) is 18.2 Å². The van der Waals surface area contributed by atoms with Crippen molar-refractivity contribution in [1.29, 1.82) is 0 Å². The minimum Gasteiger partial charge on any atom is -0.490 e. The van der Waals surface area contributed by atoms with Crippen LogP contribution in [-0.2, 0) is 6.54 Å². The van der Waals surface area contributed by atoms with Gasteiger partial charge in [0.1, 0.15) is 24.7 Å². The van der Waals surface area contributed by atoms with Crippen LogP contribution in [0.4, 0.5) is 0 Å². The monoisotopic (exact) mass is 299 g/mol. The maximum atomic E-state index is 5.83. The maximum absolute atomic E-state index is 5.83. The lowest BCUT2D eigenvalue weighted by Gasteiger charge is -2.12.